The van der Waals surface area contributed by atoms with Gasteiger partial charge < -0.3 is 10.4 Å². The van der Waals surface area contributed by atoms with Gasteiger partial charge >= 0.3 is 0 Å². The summed E-state index contributed by atoms with van der Waals surface area (Å²) in [5, 5.41) is 12.8. The Hall–Kier alpha value is -2.20. The van der Waals surface area contributed by atoms with Crippen LogP contribution in [0.1, 0.15) is 30.6 Å². The highest BCUT2D eigenvalue weighted by Gasteiger charge is 2.15. The van der Waals surface area contributed by atoms with Crippen LogP contribution in [-0.4, -0.2) is 17.1 Å². The van der Waals surface area contributed by atoms with E-state index in [2.05, 4.69) is 5.32 Å². The second kappa shape index (κ2) is 7.71. The third-order valence-corrected chi connectivity index (χ3v) is 3.45. The lowest BCUT2D eigenvalue weighted by Gasteiger charge is -2.16. The summed E-state index contributed by atoms with van der Waals surface area (Å²) in [6.07, 6.45) is -0.423. The molecule has 116 valence electrons. The van der Waals surface area contributed by atoms with Crippen molar-refractivity contribution >= 4 is 5.91 Å². The van der Waals surface area contributed by atoms with E-state index in [1.807, 2.05) is 25.1 Å². The maximum absolute atomic E-state index is 13.6. The van der Waals surface area contributed by atoms with Crippen LogP contribution in [0.15, 0.2) is 54.6 Å². The SMILES string of the molecule is CC(Cc1ccccc1F)NC(=O)CC(O)c1ccccc1. The van der Waals surface area contributed by atoms with Gasteiger partial charge in [-0.3, -0.25) is 4.79 Å². The largest absolute Gasteiger partial charge is 0.388 e. The number of carbonyl (C=O) groups excluding carboxylic acids is 1. The van der Waals surface area contributed by atoms with E-state index >= 15 is 0 Å². The first-order valence-corrected chi connectivity index (χ1v) is 7.32. The maximum atomic E-state index is 13.6. The van der Waals surface area contributed by atoms with Gasteiger partial charge in [-0.1, -0.05) is 48.5 Å². The standard InChI is InChI=1S/C18H20FNO2/c1-13(11-15-9-5-6-10-16(15)19)20-18(22)12-17(21)14-7-3-2-4-8-14/h2-10,13,17,21H,11-12H2,1H3,(H,20,22). The van der Waals surface area contributed by atoms with Crippen LogP contribution in [0.5, 0.6) is 0 Å². The fourth-order valence-electron chi connectivity index (χ4n) is 2.35. The van der Waals surface area contributed by atoms with E-state index in [0.29, 0.717) is 17.5 Å². The van der Waals surface area contributed by atoms with E-state index in [1.54, 1.807) is 30.3 Å². The van der Waals surface area contributed by atoms with Crippen molar-refractivity contribution in [2.24, 2.45) is 0 Å². The van der Waals surface area contributed by atoms with E-state index in [9.17, 15) is 14.3 Å². The molecule has 0 radical (unpaired) electrons. The van der Waals surface area contributed by atoms with Crippen molar-refractivity contribution < 1.29 is 14.3 Å². The molecule has 0 saturated carbocycles. The van der Waals surface area contributed by atoms with Gasteiger partial charge in [-0.05, 0) is 30.5 Å². The summed E-state index contributed by atoms with van der Waals surface area (Å²) in [7, 11) is 0. The highest BCUT2D eigenvalue weighted by molar-refractivity contribution is 5.77. The summed E-state index contributed by atoms with van der Waals surface area (Å²) in [4.78, 5) is 11.9. The Morgan fingerprint density at radius 3 is 2.45 bits per heavy atom. The Bertz CT molecular complexity index is 615. The topological polar surface area (TPSA) is 49.3 Å². The zero-order valence-electron chi connectivity index (χ0n) is 12.5. The summed E-state index contributed by atoms with van der Waals surface area (Å²) in [5.74, 6) is -0.520. The minimum absolute atomic E-state index is 0.00831. The summed E-state index contributed by atoms with van der Waals surface area (Å²) in [6, 6.07) is 15.4. The van der Waals surface area contributed by atoms with Crippen molar-refractivity contribution in [1.82, 2.24) is 5.32 Å². The van der Waals surface area contributed by atoms with Gasteiger partial charge in [0.15, 0.2) is 0 Å². The molecule has 2 N–H and O–H groups in total. The number of aliphatic hydroxyl groups is 1. The van der Waals surface area contributed by atoms with Crippen LogP contribution in [0.4, 0.5) is 4.39 Å². The number of rotatable bonds is 6. The number of benzene rings is 2. The third kappa shape index (κ3) is 4.67. The summed E-state index contributed by atoms with van der Waals surface area (Å²) < 4.78 is 13.6. The molecule has 2 unspecified atom stereocenters. The van der Waals surface area contributed by atoms with Crippen LogP contribution in [0.25, 0.3) is 0 Å². The smallest absolute Gasteiger partial charge is 0.223 e. The molecule has 0 aliphatic rings. The minimum atomic E-state index is -0.832. The van der Waals surface area contributed by atoms with Crippen molar-refractivity contribution in [2.45, 2.75) is 31.9 Å². The molecule has 2 aromatic rings. The number of nitrogens with one attached hydrogen (secondary N) is 1. The second-order valence-corrected chi connectivity index (χ2v) is 5.39. The molecule has 4 heteroatoms. The molecular weight excluding hydrogens is 281 g/mol. The fraction of sp³-hybridized carbons (Fsp3) is 0.278. The van der Waals surface area contributed by atoms with Gasteiger partial charge in [-0.15, -0.1) is 0 Å². The number of hydrogen-bond acceptors (Lipinski definition) is 2. The molecule has 2 rings (SSSR count). The molecule has 0 saturated heterocycles. The zero-order valence-corrected chi connectivity index (χ0v) is 12.5. The lowest BCUT2D eigenvalue weighted by Crippen LogP contribution is -2.35. The minimum Gasteiger partial charge on any atom is -0.388 e. The number of aliphatic hydroxyl groups excluding tert-OH is 1. The maximum Gasteiger partial charge on any atom is 0.223 e. The average Bonchev–Trinajstić information content (AvgIpc) is 2.50. The molecule has 0 heterocycles. The van der Waals surface area contributed by atoms with E-state index in [-0.39, 0.29) is 24.2 Å². The van der Waals surface area contributed by atoms with Crippen molar-refractivity contribution in [3.63, 3.8) is 0 Å². The van der Waals surface area contributed by atoms with Gasteiger partial charge in [0.25, 0.3) is 0 Å². The number of amides is 1. The van der Waals surface area contributed by atoms with E-state index in [4.69, 9.17) is 0 Å². The zero-order chi connectivity index (χ0) is 15.9. The molecule has 2 aromatic carbocycles. The molecule has 0 fully saturated rings. The first kappa shape index (κ1) is 16.2. The van der Waals surface area contributed by atoms with Crippen LogP contribution in [0, 0.1) is 5.82 Å². The molecule has 0 bridgehead atoms. The Balaban J connectivity index is 1.85. The second-order valence-electron chi connectivity index (χ2n) is 5.39. The van der Waals surface area contributed by atoms with Crippen LogP contribution in [0.3, 0.4) is 0 Å². The molecule has 2 atom stereocenters. The molecule has 1 amide bonds. The first-order chi connectivity index (χ1) is 10.6. The molecule has 0 aromatic heterocycles. The number of halogens is 1. The summed E-state index contributed by atoms with van der Waals surface area (Å²) in [6.45, 7) is 1.82. The number of carbonyl (C=O) groups is 1. The molecule has 3 nitrogen and oxygen atoms in total. The fourth-order valence-corrected chi connectivity index (χ4v) is 2.35. The Labute approximate surface area is 129 Å². The van der Waals surface area contributed by atoms with Gasteiger partial charge in [0, 0.05) is 6.04 Å². The van der Waals surface area contributed by atoms with Gasteiger partial charge in [0.1, 0.15) is 5.82 Å². The van der Waals surface area contributed by atoms with Crippen molar-refractivity contribution in [2.75, 3.05) is 0 Å². The lowest BCUT2D eigenvalue weighted by molar-refractivity contribution is -0.123. The van der Waals surface area contributed by atoms with Crippen LogP contribution >= 0.6 is 0 Å². The average molecular weight is 301 g/mol. The highest BCUT2D eigenvalue weighted by atomic mass is 19.1. The summed E-state index contributed by atoms with van der Waals surface area (Å²) in [5.41, 5.74) is 1.28. The van der Waals surface area contributed by atoms with Crippen LogP contribution in [-0.2, 0) is 11.2 Å². The van der Waals surface area contributed by atoms with Gasteiger partial charge in [0.05, 0.1) is 12.5 Å². The van der Waals surface area contributed by atoms with Crippen molar-refractivity contribution in [3.8, 4) is 0 Å². The van der Waals surface area contributed by atoms with Crippen LogP contribution < -0.4 is 5.32 Å². The monoisotopic (exact) mass is 301 g/mol. The van der Waals surface area contributed by atoms with Gasteiger partial charge in [-0.2, -0.15) is 0 Å². The lowest BCUT2D eigenvalue weighted by atomic mass is 10.0. The molecule has 0 aliphatic carbocycles. The Morgan fingerprint density at radius 2 is 1.77 bits per heavy atom. The molecule has 22 heavy (non-hydrogen) atoms. The van der Waals surface area contributed by atoms with E-state index < -0.39 is 6.10 Å². The number of hydrogen-bond donors (Lipinski definition) is 2. The quantitative estimate of drug-likeness (QED) is 0.861. The van der Waals surface area contributed by atoms with Crippen molar-refractivity contribution in [3.05, 3.63) is 71.5 Å². The predicted molar refractivity (Wildman–Crippen MR) is 83.7 cm³/mol. The molecule has 0 spiro atoms. The Kier molecular flexibility index (Phi) is 5.67. The van der Waals surface area contributed by atoms with Crippen molar-refractivity contribution in [1.29, 1.82) is 0 Å². The highest BCUT2D eigenvalue weighted by Crippen LogP contribution is 2.16. The summed E-state index contributed by atoms with van der Waals surface area (Å²) >= 11 is 0. The predicted octanol–water partition coefficient (Wildman–Crippen LogP) is 3.00. The Morgan fingerprint density at radius 1 is 1.14 bits per heavy atom. The van der Waals surface area contributed by atoms with Gasteiger partial charge in [0.2, 0.25) is 5.91 Å². The van der Waals surface area contributed by atoms with Crippen LogP contribution in [0.2, 0.25) is 0 Å². The normalized spacial score (nSPS) is 13.4. The first-order valence-electron chi connectivity index (χ1n) is 7.32. The molecule has 0 aliphatic heterocycles. The molecular formula is C18H20FNO2. The van der Waals surface area contributed by atoms with E-state index in [0.717, 1.165) is 0 Å². The third-order valence-electron chi connectivity index (χ3n) is 3.45. The van der Waals surface area contributed by atoms with E-state index in [1.165, 1.54) is 6.07 Å². The van der Waals surface area contributed by atoms with Gasteiger partial charge in [-0.25, -0.2) is 4.39 Å².